The van der Waals surface area contributed by atoms with Crippen LogP contribution in [0.1, 0.15) is 27.8 Å². The summed E-state index contributed by atoms with van der Waals surface area (Å²) in [5, 5.41) is 2.57. The monoisotopic (exact) mass is 718 g/mol. The van der Waals surface area contributed by atoms with E-state index in [9.17, 15) is 0 Å². The first kappa shape index (κ1) is 31.9. The molecule has 0 radical (unpaired) electrons. The van der Waals surface area contributed by atoms with Crippen molar-refractivity contribution in [2.75, 3.05) is 0 Å². The fourth-order valence-corrected chi connectivity index (χ4v) is 10.2. The van der Waals surface area contributed by atoms with Gasteiger partial charge in [0.2, 0.25) is 0 Å². The van der Waals surface area contributed by atoms with Gasteiger partial charge in [-0.2, -0.15) is 0 Å². The summed E-state index contributed by atoms with van der Waals surface area (Å²) in [5.41, 5.74) is 16.2. The number of rotatable bonds is 4. The summed E-state index contributed by atoms with van der Waals surface area (Å²) in [7, 11) is 0. The Bertz CT molecular complexity index is 2900. The van der Waals surface area contributed by atoms with E-state index in [1.165, 1.54) is 70.6 Å². The van der Waals surface area contributed by atoms with Crippen LogP contribution in [0.2, 0.25) is 0 Å². The lowest BCUT2D eigenvalue weighted by Gasteiger charge is -2.40. The van der Waals surface area contributed by atoms with E-state index in [-0.39, 0.29) is 0 Å². The Kier molecular flexibility index (Phi) is 7.26. The SMILES string of the molecule is Cc1ccc(-c2cc(-c3ccc(-c4ccc5c(c4)Sc4c(ccc6ccccc46)C54c5ccccc5-c5ccccc54)cc3)nc(-c3ccccc3)n2)cc1. The van der Waals surface area contributed by atoms with E-state index >= 15 is 0 Å². The van der Waals surface area contributed by atoms with Gasteiger partial charge in [-0.05, 0) is 74.3 Å². The van der Waals surface area contributed by atoms with Crippen molar-refractivity contribution in [2.24, 2.45) is 0 Å². The zero-order chi connectivity index (χ0) is 36.5. The van der Waals surface area contributed by atoms with Crippen molar-refractivity contribution in [3.63, 3.8) is 0 Å². The van der Waals surface area contributed by atoms with Gasteiger partial charge in [-0.25, -0.2) is 9.97 Å². The maximum atomic E-state index is 5.09. The maximum absolute atomic E-state index is 5.09. The zero-order valence-electron chi connectivity index (χ0n) is 30.2. The summed E-state index contributed by atoms with van der Waals surface area (Å²) >= 11 is 1.91. The summed E-state index contributed by atoms with van der Waals surface area (Å²) in [4.78, 5) is 12.7. The van der Waals surface area contributed by atoms with Crippen molar-refractivity contribution >= 4 is 22.5 Å². The van der Waals surface area contributed by atoms with Gasteiger partial charge in [-0.15, -0.1) is 0 Å². The normalized spacial score (nSPS) is 13.3. The van der Waals surface area contributed by atoms with E-state index in [4.69, 9.17) is 9.97 Å². The van der Waals surface area contributed by atoms with Crippen LogP contribution in [0.5, 0.6) is 0 Å². The van der Waals surface area contributed by atoms with Crippen LogP contribution < -0.4 is 0 Å². The summed E-state index contributed by atoms with van der Waals surface area (Å²) in [6.45, 7) is 2.11. The van der Waals surface area contributed by atoms with Gasteiger partial charge in [-0.1, -0.05) is 193 Å². The highest BCUT2D eigenvalue weighted by atomic mass is 32.2. The molecule has 2 heterocycles. The molecule has 1 aromatic heterocycles. The minimum Gasteiger partial charge on any atom is -0.228 e. The van der Waals surface area contributed by atoms with Crippen molar-refractivity contribution in [1.29, 1.82) is 0 Å². The zero-order valence-corrected chi connectivity index (χ0v) is 31.0. The molecule has 1 aliphatic carbocycles. The van der Waals surface area contributed by atoms with Gasteiger partial charge in [0.1, 0.15) is 0 Å². The lowest BCUT2D eigenvalue weighted by molar-refractivity contribution is 0.726. The van der Waals surface area contributed by atoms with Crippen molar-refractivity contribution in [2.45, 2.75) is 22.1 Å². The third-order valence-electron chi connectivity index (χ3n) is 11.5. The lowest BCUT2D eigenvalue weighted by Crippen LogP contribution is -2.32. The van der Waals surface area contributed by atoms with Crippen molar-refractivity contribution in [3.8, 4) is 56.2 Å². The lowest BCUT2D eigenvalue weighted by atomic mass is 9.67. The minimum atomic E-state index is -0.409. The Hall–Kier alpha value is -6.55. The predicted molar refractivity (Wildman–Crippen MR) is 227 cm³/mol. The molecule has 0 fully saturated rings. The van der Waals surface area contributed by atoms with Crippen LogP contribution in [0, 0.1) is 6.92 Å². The second-order valence-corrected chi connectivity index (χ2v) is 15.6. The average Bonchev–Trinajstić information content (AvgIpc) is 3.54. The number of aryl methyl sites for hydroxylation is 1. The Balaban J connectivity index is 1.05. The van der Waals surface area contributed by atoms with Gasteiger partial charge in [0.05, 0.1) is 16.8 Å². The smallest absolute Gasteiger partial charge is 0.160 e. The summed E-state index contributed by atoms with van der Waals surface area (Å²) < 4.78 is 0. The fraction of sp³-hybridized carbons (Fsp3) is 0.0385. The molecule has 2 nitrogen and oxygen atoms in total. The summed E-state index contributed by atoms with van der Waals surface area (Å²) in [6.07, 6.45) is 0. The molecule has 8 aromatic carbocycles. The number of nitrogens with zero attached hydrogens (tertiary/aromatic N) is 2. The van der Waals surface area contributed by atoms with Gasteiger partial charge in [0.15, 0.2) is 5.82 Å². The Labute approximate surface area is 325 Å². The number of hydrogen-bond acceptors (Lipinski definition) is 3. The molecular weight excluding hydrogens is 685 g/mol. The maximum Gasteiger partial charge on any atom is 0.160 e. The highest BCUT2D eigenvalue weighted by Gasteiger charge is 2.50. The Morgan fingerprint density at radius 1 is 0.418 bits per heavy atom. The Morgan fingerprint density at radius 3 is 1.69 bits per heavy atom. The van der Waals surface area contributed by atoms with Gasteiger partial charge < -0.3 is 0 Å². The van der Waals surface area contributed by atoms with Crippen LogP contribution >= 0.6 is 11.8 Å². The third-order valence-corrected chi connectivity index (χ3v) is 12.7. The van der Waals surface area contributed by atoms with Crippen molar-refractivity contribution in [3.05, 3.63) is 216 Å². The molecule has 0 saturated heterocycles. The van der Waals surface area contributed by atoms with E-state index in [1.807, 2.05) is 30.0 Å². The molecule has 0 amide bonds. The number of aromatic nitrogens is 2. The first-order valence-corrected chi connectivity index (χ1v) is 19.6. The molecule has 11 rings (SSSR count). The fourth-order valence-electron chi connectivity index (χ4n) is 8.83. The molecular formula is C52H34N2S. The second-order valence-electron chi connectivity index (χ2n) is 14.6. The summed E-state index contributed by atoms with van der Waals surface area (Å²) in [6, 6.07) is 68.5. The van der Waals surface area contributed by atoms with Crippen LogP contribution in [0.3, 0.4) is 0 Å². The molecule has 9 aromatic rings. The molecule has 3 heteroatoms. The van der Waals surface area contributed by atoms with Crippen LogP contribution in [-0.4, -0.2) is 9.97 Å². The second kappa shape index (κ2) is 12.5. The number of hydrogen-bond donors (Lipinski definition) is 0. The minimum absolute atomic E-state index is 0.409. The molecule has 2 aliphatic rings. The largest absolute Gasteiger partial charge is 0.228 e. The average molecular weight is 719 g/mol. The Morgan fingerprint density at radius 2 is 0.982 bits per heavy atom. The first-order valence-electron chi connectivity index (χ1n) is 18.8. The molecule has 0 bridgehead atoms. The third kappa shape index (κ3) is 4.97. The molecule has 1 spiro atoms. The van der Waals surface area contributed by atoms with Crippen LogP contribution in [0.4, 0.5) is 0 Å². The van der Waals surface area contributed by atoms with Gasteiger partial charge in [-0.3, -0.25) is 0 Å². The van der Waals surface area contributed by atoms with Crippen LogP contribution in [-0.2, 0) is 5.41 Å². The molecule has 0 atom stereocenters. The number of fused-ring (bicyclic) bond motifs is 11. The van der Waals surface area contributed by atoms with Gasteiger partial charge >= 0.3 is 0 Å². The van der Waals surface area contributed by atoms with Gasteiger partial charge in [0.25, 0.3) is 0 Å². The molecule has 55 heavy (non-hydrogen) atoms. The first-order chi connectivity index (χ1) is 27.1. The molecule has 0 saturated carbocycles. The summed E-state index contributed by atoms with van der Waals surface area (Å²) in [5.74, 6) is 0.723. The standard InChI is InChI=1S/C52H34N2S/c1-33-19-21-36(22-20-33)47-32-48(54-51(53-47)38-12-3-2-4-13-38)37-25-23-34(24-26-37)39-28-29-45-49(31-39)55-50-40-14-6-5-11-35(40)27-30-46(50)52(45)43-17-9-7-15-41(43)42-16-8-10-18-44(42)52/h2-32H,1H3. The van der Waals surface area contributed by atoms with E-state index in [0.29, 0.717) is 0 Å². The topological polar surface area (TPSA) is 25.8 Å². The molecule has 1 aliphatic heterocycles. The molecule has 0 N–H and O–H groups in total. The predicted octanol–water partition coefficient (Wildman–Crippen LogP) is 13.4. The number of benzene rings is 8. The van der Waals surface area contributed by atoms with Crippen LogP contribution in [0.15, 0.2) is 198 Å². The highest BCUT2D eigenvalue weighted by molar-refractivity contribution is 7.99. The molecule has 258 valence electrons. The van der Waals surface area contributed by atoms with Crippen LogP contribution in [0.25, 0.3) is 66.9 Å². The van der Waals surface area contributed by atoms with E-state index in [2.05, 4.69) is 177 Å². The van der Waals surface area contributed by atoms with Gasteiger partial charge in [0, 0.05) is 26.5 Å². The molecule has 0 unspecified atom stereocenters. The van der Waals surface area contributed by atoms with E-state index in [1.54, 1.807) is 0 Å². The van der Waals surface area contributed by atoms with Crippen molar-refractivity contribution in [1.82, 2.24) is 9.97 Å². The highest BCUT2D eigenvalue weighted by Crippen LogP contribution is 2.63. The van der Waals surface area contributed by atoms with E-state index < -0.39 is 5.41 Å². The quantitative estimate of drug-likeness (QED) is 0.181. The van der Waals surface area contributed by atoms with E-state index in [0.717, 1.165) is 33.9 Å². The van der Waals surface area contributed by atoms with Crippen molar-refractivity contribution < 1.29 is 0 Å².